The number of hydrogen-bond acceptors (Lipinski definition) is 15. The van der Waals surface area contributed by atoms with E-state index in [2.05, 4.69) is 34.6 Å². The number of hydrogen-bond donors (Lipinski definition) is 3. The summed E-state index contributed by atoms with van der Waals surface area (Å²) >= 11 is 0. The molecule has 19 heteroatoms. The Labute approximate surface area is 581 Å². The number of carbonyl (C=O) groups excluding carboxylic acids is 4. The summed E-state index contributed by atoms with van der Waals surface area (Å²) in [6, 6.07) is 0. The van der Waals surface area contributed by atoms with E-state index in [1.54, 1.807) is 0 Å². The van der Waals surface area contributed by atoms with Crippen LogP contribution in [0.1, 0.15) is 401 Å². The molecule has 0 aliphatic carbocycles. The van der Waals surface area contributed by atoms with Crippen molar-refractivity contribution < 1.29 is 80.2 Å². The van der Waals surface area contributed by atoms with Crippen molar-refractivity contribution in [1.82, 2.24) is 0 Å². The quantitative estimate of drug-likeness (QED) is 0.0222. The van der Waals surface area contributed by atoms with E-state index in [9.17, 15) is 43.2 Å². The number of unbranched alkanes of at least 4 members (excludes halogenated alkanes) is 47. The first-order valence-electron chi connectivity index (χ1n) is 39.7. The van der Waals surface area contributed by atoms with Gasteiger partial charge in [0.25, 0.3) is 0 Å². The zero-order chi connectivity index (χ0) is 69.8. The maximum atomic E-state index is 13.1. The van der Waals surface area contributed by atoms with Gasteiger partial charge in [-0.25, -0.2) is 9.13 Å². The van der Waals surface area contributed by atoms with Crippen molar-refractivity contribution in [3.05, 3.63) is 0 Å². The molecular weight excluding hydrogens is 1250 g/mol. The molecule has 0 rings (SSSR count). The van der Waals surface area contributed by atoms with E-state index in [1.165, 1.54) is 225 Å². The van der Waals surface area contributed by atoms with Crippen molar-refractivity contribution in [2.24, 2.45) is 5.92 Å². The highest BCUT2D eigenvalue weighted by Crippen LogP contribution is 2.45. The van der Waals surface area contributed by atoms with E-state index in [0.717, 1.165) is 95.8 Å². The Kier molecular flexibility index (Phi) is 67.7. The zero-order valence-corrected chi connectivity index (χ0v) is 63.6. The summed E-state index contributed by atoms with van der Waals surface area (Å²) < 4.78 is 68.5. The fraction of sp³-hybridized carbons (Fsp3) is 0.947. The van der Waals surface area contributed by atoms with Crippen LogP contribution >= 0.6 is 15.6 Å². The summed E-state index contributed by atoms with van der Waals surface area (Å²) in [7, 11) is -9.91. The molecule has 564 valence electrons. The van der Waals surface area contributed by atoms with Crippen molar-refractivity contribution in [2.75, 3.05) is 39.6 Å². The Hall–Kier alpha value is -1.94. The number of phosphoric acid groups is 2. The lowest BCUT2D eigenvalue weighted by atomic mass is 9.99. The molecule has 0 aliphatic heterocycles. The molecule has 0 aromatic rings. The Morgan fingerprint density at radius 3 is 0.747 bits per heavy atom. The molecule has 0 bridgehead atoms. The predicted molar refractivity (Wildman–Crippen MR) is 386 cm³/mol. The third-order valence-electron chi connectivity index (χ3n) is 18.1. The minimum absolute atomic E-state index is 0.107. The molecule has 0 saturated heterocycles. The van der Waals surface area contributed by atoms with Gasteiger partial charge in [-0.15, -0.1) is 0 Å². The maximum absolute atomic E-state index is 13.1. The molecule has 0 aromatic heterocycles. The molecule has 0 amide bonds. The smallest absolute Gasteiger partial charge is 0.462 e. The van der Waals surface area contributed by atoms with Crippen molar-refractivity contribution >= 4 is 39.5 Å². The fourth-order valence-electron chi connectivity index (χ4n) is 11.7. The summed E-state index contributed by atoms with van der Waals surface area (Å²) in [5.74, 6) is -1.30. The molecule has 17 nitrogen and oxygen atoms in total. The molecule has 6 atom stereocenters. The second-order valence-electron chi connectivity index (χ2n) is 27.6. The van der Waals surface area contributed by atoms with Crippen molar-refractivity contribution in [3.8, 4) is 0 Å². The van der Waals surface area contributed by atoms with E-state index in [0.29, 0.717) is 25.7 Å². The minimum Gasteiger partial charge on any atom is -0.462 e. The molecule has 0 fully saturated rings. The van der Waals surface area contributed by atoms with E-state index in [1.807, 2.05) is 0 Å². The first-order valence-corrected chi connectivity index (χ1v) is 42.7. The summed E-state index contributed by atoms with van der Waals surface area (Å²) in [4.78, 5) is 72.8. The molecule has 0 saturated carbocycles. The largest absolute Gasteiger partial charge is 0.472 e. The topological polar surface area (TPSA) is 237 Å². The van der Waals surface area contributed by atoms with Gasteiger partial charge in [-0.1, -0.05) is 349 Å². The number of aliphatic hydroxyl groups excluding tert-OH is 1. The highest BCUT2D eigenvalue weighted by molar-refractivity contribution is 7.47. The monoisotopic (exact) mass is 1400 g/mol. The number of phosphoric ester groups is 2. The standard InChI is InChI=1S/C76H148O17P2/c1-6-10-13-16-19-22-25-26-27-28-29-30-31-32-33-35-42-47-52-57-62-76(81)93-72(66-87-74(79)60-55-50-45-40-37-36-38-43-48-53-58-69(5)9-4)68-91-95(84,85)89-64-70(77)63-88-94(82,83)90-67-71(65-86-73(78)59-54-49-44-39-24-21-18-15-12-8-3)92-75(80)61-56-51-46-41-34-23-20-17-14-11-7-2/h69-72,77H,6-68H2,1-5H3,(H,82,83)(H,84,85)/t69?,70-,71+,72+/m0/s1. The Morgan fingerprint density at radius 2 is 0.505 bits per heavy atom. The van der Waals surface area contributed by atoms with Crippen LogP contribution < -0.4 is 0 Å². The van der Waals surface area contributed by atoms with E-state index < -0.39 is 97.5 Å². The molecule has 0 spiro atoms. The first kappa shape index (κ1) is 93.1. The molecule has 0 aromatic carbocycles. The summed E-state index contributed by atoms with van der Waals surface area (Å²) in [5, 5.41) is 10.6. The Morgan fingerprint density at radius 1 is 0.295 bits per heavy atom. The van der Waals surface area contributed by atoms with E-state index in [-0.39, 0.29) is 25.7 Å². The molecule has 95 heavy (non-hydrogen) atoms. The molecule has 0 aliphatic rings. The maximum Gasteiger partial charge on any atom is 0.472 e. The van der Waals surface area contributed by atoms with Crippen LogP contribution in [0.15, 0.2) is 0 Å². The van der Waals surface area contributed by atoms with Gasteiger partial charge >= 0.3 is 39.5 Å². The highest BCUT2D eigenvalue weighted by Gasteiger charge is 2.30. The molecule has 0 radical (unpaired) electrons. The number of aliphatic hydroxyl groups is 1. The van der Waals surface area contributed by atoms with Gasteiger partial charge in [-0.2, -0.15) is 0 Å². The molecule has 3 N–H and O–H groups in total. The normalized spacial score (nSPS) is 14.2. The van der Waals surface area contributed by atoms with E-state index >= 15 is 0 Å². The second kappa shape index (κ2) is 69.2. The van der Waals surface area contributed by atoms with Gasteiger partial charge in [0.05, 0.1) is 26.4 Å². The summed E-state index contributed by atoms with van der Waals surface area (Å²) in [6.45, 7) is 7.31. The average molecular weight is 1400 g/mol. The van der Waals surface area contributed by atoms with Gasteiger partial charge in [0, 0.05) is 25.7 Å². The second-order valence-corrected chi connectivity index (χ2v) is 30.5. The number of ether oxygens (including phenoxy) is 4. The van der Waals surface area contributed by atoms with Gasteiger partial charge in [0.1, 0.15) is 19.3 Å². The lowest BCUT2D eigenvalue weighted by Crippen LogP contribution is -2.30. The van der Waals surface area contributed by atoms with Crippen LogP contribution in [0.5, 0.6) is 0 Å². The lowest BCUT2D eigenvalue weighted by Gasteiger charge is -2.21. The zero-order valence-electron chi connectivity index (χ0n) is 61.8. The first-order chi connectivity index (χ1) is 46.1. The lowest BCUT2D eigenvalue weighted by molar-refractivity contribution is -0.161. The predicted octanol–water partition coefficient (Wildman–Crippen LogP) is 22.5. The van der Waals surface area contributed by atoms with Gasteiger partial charge in [0.15, 0.2) is 12.2 Å². The minimum atomic E-state index is -4.96. The van der Waals surface area contributed by atoms with E-state index in [4.69, 9.17) is 37.0 Å². The van der Waals surface area contributed by atoms with Crippen molar-refractivity contribution in [1.29, 1.82) is 0 Å². The molecule has 0 heterocycles. The molecular formula is C76H148O17P2. The van der Waals surface area contributed by atoms with Gasteiger partial charge < -0.3 is 33.8 Å². The van der Waals surface area contributed by atoms with Crippen LogP contribution in [0.25, 0.3) is 0 Å². The van der Waals surface area contributed by atoms with Crippen LogP contribution in [0.4, 0.5) is 0 Å². The summed E-state index contributed by atoms with van der Waals surface area (Å²) in [6.07, 6.45) is 58.2. The number of rotatable bonds is 76. The van der Waals surface area contributed by atoms with Gasteiger partial charge in [-0.05, 0) is 31.6 Å². The highest BCUT2D eigenvalue weighted by atomic mass is 31.2. The average Bonchev–Trinajstić information content (AvgIpc) is 2.26. The Bertz CT molecular complexity index is 1820. The van der Waals surface area contributed by atoms with Crippen LogP contribution in [0.3, 0.4) is 0 Å². The van der Waals surface area contributed by atoms with Crippen LogP contribution in [-0.2, 0) is 65.4 Å². The fourth-order valence-corrected chi connectivity index (χ4v) is 13.3. The van der Waals surface area contributed by atoms with Crippen LogP contribution in [0.2, 0.25) is 0 Å². The van der Waals surface area contributed by atoms with Crippen molar-refractivity contribution in [3.63, 3.8) is 0 Å². The van der Waals surface area contributed by atoms with Crippen molar-refractivity contribution in [2.45, 2.75) is 419 Å². The van der Waals surface area contributed by atoms with Crippen LogP contribution in [0, 0.1) is 5.92 Å². The van der Waals surface area contributed by atoms with Gasteiger partial charge in [-0.3, -0.25) is 37.3 Å². The number of carbonyl (C=O) groups is 4. The molecule has 3 unspecified atom stereocenters. The Balaban J connectivity index is 5.21. The summed E-state index contributed by atoms with van der Waals surface area (Å²) in [5.41, 5.74) is 0. The SMILES string of the molecule is CCCCCCCCCCCCCCCCCCCCCCC(=O)O[C@H](COC(=O)CCCCCCCCCCCCC(C)CC)COP(=O)(O)OC[C@@H](O)COP(=O)(O)OC[C@@H](COC(=O)CCCCCCCCCCCC)OC(=O)CCCCCCCCCCCCC. The van der Waals surface area contributed by atoms with Crippen LogP contribution in [-0.4, -0.2) is 96.7 Å². The van der Waals surface area contributed by atoms with Gasteiger partial charge in [0.2, 0.25) is 0 Å². The third-order valence-corrected chi connectivity index (χ3v) is 20.0. The third kappa shape index (κ3) is 69.0. The number of esters is 4.